The predicted octanol–water partition coefficient (Wildman–Crippen LogP) is 2.59. The zero-order valence-electron chi connectivity index (χ0n) is 17.0. The van der Waals surface area contributed by atoms with Crippen molar-refractivity contribution < 1.29 is 9.59 Å². The van der Waals surface area contributed by atoms with Gasteiger partial charge in [-0.2, -0.15) is 0 Å². The highest BCUT2D eigenvalue weighted by atomic mass is 16.2. The molecule has 2 fully saturated rings. The van der Waals surface area contributed by atoms with Gasteiger partial charge in [0.2, 0.25) is 5.91 Å². The van der Waals surface area contributed by atoms with Crippen molar-refractivity contribution in [2.24, 2.45) is 17.1 Å². The first kappa shape index (κ1) is 20.6. The van der Waals surface area contributed by atoms with Crippen molar-refractivity contribution in [3.05, 3.63) is 35.9 Å². The fourth-order valence-corrected chi connectivity index (χ4v) is 4.49. The van der Waals surface area contributed by atoms with Crippen molar-refractivity contribution in [3.63, 3.8) is 0 Å². The van der Waals surface area contributed by atoms with Gasteiger partial charge in [-0.3, -0.25) is 9.69 Å². The SMILES string of the molecule is CCC1(CNC(=O)C2CCCN(C(N)=O)C2)CCN(Cc2ccccc2)CC1. The van der Waals surface area contributed by atoms with Crippen molar-refractivity contribution in [2.45, 2.75) is 45.6 Å². The van der Waals surface area contributed by atoms with Gasteiger partial charge in [-0.1, -0.05) is 37.3 Å². The summed E-state index contributed by atoms with van der Waals surface area (Å²) in [5, 5.41) is 3.20. The molecule has 2 saturated heterocycles. The summed E-state index contributed by atoms with van der Waals surface area (Å²) in [5.74, 6) is -0.0567. The molecule has 2 heterocycles. The first-order valence-corrected chi connectivity index (χ1v) is 10.6. The molecule has 2 aliphatic heterocycles. The van der Waals surface area contributed by atoms with Crippen molar-refractivity contribution in [3.8, 4) is 0 Å². The Bertz CT molecular complexity index is 656. The van der Waals surface area contributed by atoms with Crippen LogP contribution in [0, 0.1) is 11.3 Å². The topological polar surface area (TPSA) is 78.7 Å². The maximum absolute atomic E-state index is 12.7. The average molecular weight is 387 g/mol. The van der Waals surface area contributed by atoms with Crippen molar-refractivity contribution in [1.82, 2.24) is 15.1 Å². The Kier molecular flexibility index (Phi) is 6.94. The van der Waals surface area contributed by atoms with Gasteiger partial charge in [-0.05, 0) is 56.2 Å². The van der Waals surface area contributed by atoms with Gasteiger partial charge >= 0.3 is 6.03 Å². The van der Waals surface area contributed by atoms with Gasteiger partial charge < -0.3 is 16.0 Å². The molecule has 0 bridgehead atoms. The van der Waals surface area contributed by atoms with E-state index in [1.165, 1.54) is 5.56 Å². The lowest BCUT2D eigenvalue weighted by Crippen LogP contribution is -2.50. The molecule has 0 aromatic heterocycles. The molecule has 1 aromatic carbocycles. The molecule has 3 N–H and O–H groups in total. The van der Waals surface area contributed by atoms with Crippen LogP contribution in [0.15, 0.2) is 30.3 Å². The van der Waals surface area contributed by atoms with Crippen LogP contribution in [-0.4, -0.2) is 54.5 Å². The number of nitrogens with one attached hydrogen (secondary N) is 1. The second-order valence-electron chi connectivity index (χ2n) is 8.46. The monoisotopic (exact) mass is 386 g/mol. The number of nitrogens with two attached hydrogens (primary N) is 1. The lowest BCUT2D eigenvalue weighted by atomic mass is 9.76. The normalized spacial score (nSPS) is 22.6. The molecule has 0 spiro atoms. The molecule has 3 rings (SSSR count). The Morgan fingerprint density at radius 3 is 2.54 bits per heavy atom. The van der Waals surface area contributed by atoms with Gasteiger partial charge in [-0.15, -0.1) is 0 Å². The summed E-state index contributed by atoms with van der Waals surface area (Å²) >= 11 is 0. The smallest absolute Gasteiger partial charge is 0.314 e. The predicted molar refractivity (Wildman–Crippen MR) is 111 cm³/mol. The quantitative estimate of drug-likeness (QED) is 0.789. The van der Waals surface area contributed by atoms with Crippen LogP contribution in [0.2, 0.25) is 0 Å². The van der Waals surface area contributed by atoms with E-state index < -0.39 is 6.03 Å². The number of hydrogen-bond acceptors (Lipinski definition) is 3. The lowest BCUT2D eigenvalue weighted by Gasteiger charge is -2.42. The number of carbonyl (C=O) groups is 2. The highest BCUT2D eigenvalue weighted by Gasteiger charge is 2.34. The first-order valence-electron chi connectivity index (χ1n) is 10.6. The third-order valence-electron chi connectivity index (χ3n) is 6.66. The van der Waals surface area contributed by atoms with E-state index in [9.17, 15) is 9.59 Å². The van der Waals surface area contributed by atoms with Gasteiger partial charge in [0.05, 0.1) is 5.92 Å². The minimum Gasteiger partial charge on any atom is -0.355 e. The minimum absolute atomic E-state index is 0.0745. The van der Waals surface area contributed by atoms with Crippen LogP contribution < -0.4 is 11.1 Å². The number of piperidine rings is 2. The summed E-state index contributed by atoms with van der Waals surface area (Å²) in [6.45, 7) is 7.20. The van der Waals surface area contributed by atoms with Crippen LogP contribution in [0.4, 0.5) is 4.79 Å². The van der Waals surface area contributed by atoms with Crippen LogP contribution in [0.3, 0.4) is 0 Å². The molecule has 0 aliphatic carbocycles. The molecule has 28 heavy (non-hydrogen) atoms. The molecule has 6 nitrogen and oxygen atoms in total. The number of carbonyl (C=O) groups excluding carboxylic acids is 2. The van der Waals surface area contributed by atoms with Gasteiger partial charge in [0.1, 0.15) is 0 Å². The summed E-state index contributed by atoms with van der Waals surface area (Å²) in [7, 11) is 0. The number of urea groups is 1. The molecule has 3 amide bonds. The summed E-state index contributed by atoms with van der Waals surface area (Å²) in [4.78, 5) is 28.2. The number of likely N-dealkylation sites (tertiary alicyclic amines) is 2. The zero-order valence-corrected chi connectivity index (χ0v) is 17.0. The molecular weight excluding hydrogens is 352 g/mol. The van der Waals surface area contributed by atoms with Crippen LogP contribution in [0.25, 0.3) is 0 Å². The maximum atomic E-state index is 12.7. The van der Waals surface area contributed by atoms with Gasteiger partial charge in [0.25, 0.3) is 0 Å². The van der Waals surface area contributed by atoms with Crippen LogP contribution in [0.5, 0.6) is 0 Å². The Hall–Kier alpha value is -2.08. The molecule has 0 saturated carbocycles. The van der Waals surface area contributed by atoms with Crippen LogP contribution >= 0.6 is 0 Å². The second kappa shape index (κ2) is 9.41. The second-order valence-corrected chi connectivity index (χ2v) is 8.46. The highest BCUT2D eigenvalue weighted by Crippen LogP contribution is 2.35. The van der Waals surface area contributed by atoms with E-state index in [4.69, 9.17) is 5.73 Å². The van der Waals surface area contributed by atoms with Gasteiger partial charge in [0.15, 0.2) is 0 Å². The molecule has 1 unspecified atom stereocenters. The molecule has 0 radical (unpaired) electrons. The number of benzene rings is 1. The van der Waals surface area contributed by atoms with Crippen molar-refractivity contribution >= 4 is 11.9 Å². The van der Waals surface area contributed by atoms with E-state index in [1.54, 1.807) is 4.90 Å². The third kappa shape index (κ3) is 5.25. The Balaban J connectivity index is 1.47. The molecule has 1 aromatic rings. The van der Waals surface area contributed by atoms with Gasteiger partial charge in [-0.25, -0.2) is 4.79 Å². The number of rotatable bonds is 6. The van der Waals surface area contributed by atoms with E-state index in [0.29, 0.717) is 13.1 Å². The summed E-state index contributed by atoms with van der Waals surface area (Å²) in [6, 6.07) is 10.2. The third-order valence-corrected chi connectivity index (χ3v) is 6.66. The molecule has 2 aliphatic rings. The number of nitrogens with zero attached hydrogens (tertiary/aromatic N) is 2. The van der Waals surface area contributed by atoms with Crippen molar-refractivity contribution in [2.75, 3.05) is 32.7 Å². The summed E-state index contributed by atoms with van der Waals surface area (Å²) in [5.41, 5.74) is 6.92. The summed E-state index contributed by atoms with van der Waals surface area (Å²) in [6.07, 6.45) is 4.96. The first-order chi connectivity index (χ1) is 13.5. The van der Waals surface area contributed by atoms with Crippen molar-refractivity contribution in [1.29, 1.82) is 0 Å². The number of hydrogen-bond donors (Lipinski definition) is 2. The summed E-state index contributed by atoms with van der Waals surface area (Å²) < 4.78 is 0. The fraction of sp³-hybridized carbons (Fsp3) is 0.636. The number of primary amides is 1. The fourth-order valence-electron chi connectivity index (χ4n) is 4.49. The van der Waals surface area contributed by atoms with Gasteiger partial charge in [0, 0.05) is 26.2 Å². The largest absolute Gasteiger partial charge is 0.355 e. The standard InChI is InChI=1S/C22H34N4O2/c1-2-22(10-13-25(14-11-22)15-18-7-4-3-5-8-18)17-24-20(27)19-9-6-12-26(16-19)21(23)28/h3-5,7-8,19H,2,6,9-17H2,1H3,(H2,23,28)(H,24,27). The zero-order chi connectivity index (χ0) is 20.0. The maximum Gasteiger partial charge on any atom is 0.314 e. The van der Waals surface area contributed by atoms with E-state index >= 15 is 0 Å². The molecule has 6 heteroatoms. The Morgan fingerprint density at radius 2 is 1.89 bits per heavy atom. The Labute approximate surface area is 168 Å². The van der Waals surface area contributed by atoms with E-state index in [0.717, 1.165) is 58.3 Å². The molecular formula is C22H34N4O2. The van der Waals surface area contributed by atoms with Crippen LogP contribution in [0.1, 0.15) is 44.6 Å². The molecule has 154 valence electrons. The Morgan fingerprint density at radius 1 is 1.18 bits per heavy atom. The van der Waals surface area contributed by atoms with E-state index in [1.807, 2.05) is 0 Å². The lowest BCUT2D eigenvalue weighted by molar-refractivity contribution is -0.127. The minimum atomic E-state index is -0.423. The van der Waals surface area contributed by atoms with Crippen LogP contribution in [-0.2, 0) is 11.3 Å². The average Bonchev–Trinajstić information content (AvgIpc) is 2.74. The highest BCUT2D eigenvalue weighted by molar-refractivity contribution is 5.80. The number of amides is 3. The van der Waals surface area contributed by atoms with E-state index in [2.05, 4.69) is 47.5 Å². The van der Waals surface area contributed by atoms with E-state index in [-0.39, 0.29) is 17.2 Å². The molecule has 1 atom stereocenters.